The van der Waals surface area contributed by atoms with E-state index in [0.29, 0.717) is 31.7 Å². The number of amides is 1. The number of nitrogens with one attached hydrogen (secondary N) is 2. The van der Waals surface area contributed by atoms with E-state index in [2.05, 4.69) is 20.5 Å². The van der Waals surface area contributed by atoms with Crippen molar-refractivity contribution in [2.45, 2.75) is 5.16 Å². The van der Waals surface area contributed by atoms with E-state index in [9.17, 15) is 4.79 Å². The molecule has 0 saturated heterocycles. The van der Waals surface area contributed by atoms with Crippen LogP contribution in [0, 0.1) is 0 Å². The average molecular weight is 529 g/mol. The summed E-state index contributed by atoms with van der Waals surface area (Å²) in [5.74, 6) is 0.470. The number of hydrogen-bond donors (Lipinski definition) is 2. The van der Waals surface area contributed by atoms with Crippen LogP contribution in [0.5, 0.6) is 0 Å². The number of nitrogens with zero attached hydrogens (tertiary/aromatic N) is 3. The van der Waals surface area contributed by atoms with Gasteiger partial charge in [0.05, 0.1) is 21.5 Å². The summed E-state index contributed by atoms with van der Waals surface area (Å²) in [6, 6.07) is 20.4. The molecule has 0 spiro atoms. The summed E-state index contributed by atoms with van der Waals surface area (Å²) in [4.78, 5) is 15.9. The van der Waals surface area contributed by atoms with Gasteiger partial charge in [-0.25, -0.2) is 0 Å². The molecule has 0 aliphatic rings. The summed E-state index contributed by atoms with van der Waals surface area (Å²) in [7, 11) is 0. The number of aromatic nitrogens is 4. The molecule has 0 aliphatic heterocycles. The Balaban J connectivity index is 1.48. The molecule has 1 amide bonds. The van der Waals surface area contributed by atoms with E-state index in [0.717, 1.165) is 22.2 Å². The third kappa shape index (κ3) is 4.52. The van der Waals surface area contributed by atoms with E-state index >= 15 is 0 Å². The van der Waals surface area contributed by atoms with Crippen molar-refractivity contribution in [3.8, 4) is 17.1 Å². The highest BCUT2D eigenvalue weighted by Crippen LogP contribution is 2.33. The van der Waals surface area contributed by atoms with Gasteiger partial charge in [-0.3, -0.25) is 9.36 Å². The van der Waals surface area contributed by atoms with Crippen molar-refractivity contribution < 1.29 is 4.79 Å². The number of H-pyrrole nitrogens is 1. The fourth-order valence-corrected chi connectivity index (χ4v) is 4.91. The summed E-state index contributed by atoms with van der Waals surface area (Å²) in [5, 5.41) is 14.6. The van der Waals surface area contributed by atoms with Gasteiger partial charge in [-0.1, -0.05) is 70.8 Å². The van der Waals surface area contributed by atoms with Gasteiger partial charge >= 0.3 is 0 Å². The van der Waals surface area contributed by atoms with Crippen LogP contribution in [-0.4, -0.2) is 31.4 Å². The zero-order valence-electron chi connectivity index (χ0n) is 17.4. The van der Waals surface area contributed by atoms with Gasteiger partial charge in [0.15, 0.2) is 11.0 Å². The van der Waals surface area contributed by atoms with Gasteiger partial charge in [0.2, 0.25) is 5.91 Å². The van der Waals surface area contributed by atoms with Crippen LogP contribution >= 0.6 is 46.6 Å². The number of benzene rings is 3. The molecule has 170 valence electrons. The van der Waals surface area contributed by atoms with Crippen molar-refractivity contribution in [3.63, 3.8) is 0 Å². The standard InChI is InChI=1S/C24H16Cl3N5OS/c25-14-8-10-15(11-9-14)32-23(17-12-28-20-7-2-1-4-16(17)20)30-31-24(32)34-13-21(33)29-22-18(26)5-3-6-19(22)27/h1-12,28H,13H2,(H,29,33). The van der Waals surface area contributed by atoms with Gasteiger partial charge in [0.1, 0.15) is 0 Å². The van der Waals surface area contributed by atoms with E-state index in [-0.39, 0.29) is 11.7 Å². The lowest BCUT2D eigenvalue weighted by Crippen LogP contribution is -2.15. The molecule has 0 saturated carbocycles. The molecular formula is C24H16Cl3N5OS. The Morgan fingerprint density at radius 3 is 2.44 bits per heavy atom. The molecule has 2 aromatic heterocycles. The molecular weight excluding hydrogens is 513 g/mol. The lowest BCUT2D eigenvalue weighted by atomic mass is 10.1. The number of aromatic amines is 1. The van der Waals surface area contributed by atoms with Crippen molar-refractivity contribution in [1.82, 2.24) is 19.7 Å². The second-order valence-corrected chi connectivity index (χ2v) is 9.49. The van der Waals surface area contributed by atoms with Crippen LogP contribution < -0.4 is 5.32 Å². The number of hydrogen-bond acceptors (Lipinski definition) is 4. The maximum Gasteiger partial charge on any atom is 0.234 e. The topological polar surface area (TPSA) is 75.6 Å². The molecule has 5 rings (SSSR count). The fourth-order valence-electron chi connectivity index (χ4n) is 3.54. The SMILES string of the molecule is O=C(CSc1nnc(-c2c[nH]c3ccccc23)n1-c1ccc(Cl)cc1)Nc1c(Cl)cccc1Cl. The second-order valence-electron chi connectivity index (χ2n) is 7.30. The first-order valence-corrected chi connectivity index (χ1v) is 12.3. The smallest absolute Gasteiger partial charge is 0.234 e. The molecule has 2 heterocycles. The van der Waals surface area contributed by atoms with E-state index in [1.54, 1.807) is 30.3 Å². The maximum atomic E-state index is 12.7. The molecule has 34 heavy (non-hydrogen) atoms. The summed E-state index contributed by atoms with van der Waals surface area (Å²) < 4.78 is 1.91. The first kappa shape index (κ1) is 22.8. The number of rotatable bonds is 6. The molecule has 6 nitrogen and oxygen atoms in total. The molecule has 0 bridgehead atoms. The molecule has 0 unspecified atom stereocenters. The van der Waals surface area contributed by atoms with Gasteiger partial charge in [0, 0.05) is 33.4 Å². The van der Waals surface area contributed by atoms with Crippen molar-refractivity contribution >= 4 is 69.1 Å². The molecule has 2 N–H and O–H groups in total. The monoisotopic (exact) mass is 527 g/mol. The van der Waals surface area contributed by atoms with Crippen molar-refractivity contribution in [2.75, 3.05) is 11.1 Å². The number of anilines is 1. The van der Waals surface area contributed by atoms with Crippen LogP contribution in [0.25, 0.3) is 28.0 Å². The minimum Gasteiger partial charge on any atom is -0.360 e. The molecule has 0 atom stereocenters. The lowest BCUT2D eigenvalue weighted by Gasteiger charge is -2.11. The minimum atomic E-state index is -0.265. The zero-order chi connectivity index (χ0) is 23.7. The third-order valence-corrected chi connectivity index (χ3v) is 6.92. The predicted molar refractivity (Wildman–Crippen MR) is 139 cm³/mol. The lowest BCUT2D eigenvalue weighted by molar-refractivity contribution is -0.113. The summed E-state index contributed by atoms with van der Waals surface area (Å²) in [5.41, 5.74) is 3.10. The Bertz CT molecular complexity index is 1480. The number of fused-ring (bicyclic) bond motifs is 1. The van der Waals surface area contributed by atoms with Crippen molar-refractivity contribution in [3.05, 3.63) is 88.0 Å². The zero-order valence-corrected chi connectivity index (χ0v) is 20.5. The van der Waals surface area contributed by atoms with Gasteiger partial charge in [-0.2, -0.15) is 0 Å². The first-order valence-electron chi connectivity index (χ1n) is 10.2. The number of carbonyl (C=O) groups is 1. The van der Waals surface area contributed by atoms with Crippen LogP contribution in [-0.2, 0) is 4.79 Å². The van der Waals surface area contributed by atoms with E-state index < -0.39 is 0 Å². The van der Waals surface area contributed by atoms with Crippen molar-refractivity contribution in [1.29, 1.82) is 0 Å². The maximum absolute atomic E-state index is 12.7. The first-order chi connectivity index (χ1) is 16.5. The third-order valence-electron chi connectivity index (χ3n) is 5.11. The number of para-hydroxylation sites is 2. The van der Waals surface area contributed by atoms with E-state index in [1.807, 2.05) is 47.2 Å². The Labute approximate surface area is 214 Å². The molecule has 5 aromatic rings. The van der Waals surface area contributed by atoms with Crippen molar-refractivity contribution in [2.24, 2.45) is 0 Å². The summed E-state index contributed by atoms with van der Waals surface area (Å²) in [6.45, 7) is 0. The Morgan fingerprint density at radius 1 is 0.941 bits per heavy atom. The average Bonchev–Trinajstić information content (AvgIpc) is 3.45. The van der Waals surface area contributed by atoms with Gasteiger partial charge in [-0.05, 0) is 42.5 Å². The van der Waals surface area contributed by atoms with E-state index in [4.69, 9.17) is 34.8 Å². The van der Waals surface area contributed by atoms with Crippen LogP contribution in [0.4, 0.5) is 5.69 Å². The quantitative estimate of drug-likeness (QED) is 0.230. The fraction of sp³-hybridized carbons (Fsp3) is 0.0417. The minimum absolute atomic E-state index is 0.0845. The van der Waals surface area contributed by atoms with Gasteiger partial charge in [-0.15, -0.1) is 10.2 Å². The summed E-state index contributed by atoms with van der Waals surface area (Å²) >= 11 is 19.7. The van der Waals surface area contributed by atoms with Gasteiger partial charge < -0.3 is 10.3 Å². The highest BCUT2D eigenvalue weighted by Gasteiger charge is 2.20. The highest BCUT2D eigenvalue weighted by atomic mass is 35.5. The molecule has 3 aromatic carbocycles. The number of halogens is 3. The van der Waals surface area contributed by atoms with Crippen LogP contribution in [0.15, 0.2) is 78.1 Å². The Hall–Kier alpha value is -2.97. The normalized spacial score (nSPS) is 11.1. The van der Waals surface area contributed by atoms with E-state index in [1.165, 1.54) is 11.8 Å². The Morgan fingerprint density at radius 2 is 1.68 bits per heavy atom. The number of thioether (sulfide) groups is 1. The molecule has 0 aliphatic carbocycles. The van der Waals surface area contributed by atoms with Crippen LogP contribution in [0.3, 0.4) is 0 Å². The highest BCUT2D eigenvalue weighted by molar-refractivity contribution is 7.99. The predicted octanol–water partition coefficient (Wildman–Crippen LogP) is 7.11. The van der Waals surface area contributed by atoms with Crippen LogP contribution in [0.1, 0.15) is 0 Å². The Kier molecular flexibility index (Phi) is 6.52. The largest absolute Gasteiger partial charge is 0.360 e. The van der Waals surface area contributed by atoms with Crippen LogP contribution in [0.2, 0.25) is 15.1 Å². The molecule has 0 fully saturated rings. The van der Waals surface area contributed by atoms with Gasteiger partial charge in [0.25, 0.3) is 0 Å². The molecule has 0 radical (unpaired) electrons. The summed E-state index contributed by atoms with van der Waals surface area (Å²) in [6.07, 6.45) is 1.90. The second kappa shape index (κ2) is 9.72. The number of carbonyl (C=O) groups excluding carboxylic acids is 1. The molecule has 10 heteroatoms.